The molecule has 2 aromatic carbocycles. The minimum absolute atomic E-state index is 0. The number of likely N-dealkylation sites (tertiary alicyclic amines) is 1. The molecule has 0 atom stereocenters. The number of hydrogen-bond donors (Lipinski definition) is 2. The number of aliphatic hydroxyl groups is 1. The lowest BCUT2D eigenvalue weighted by Gasteiger charge is -2.38. The molecule has 4 N–H and O–H groups in total. The van der Waals surface area contributed by atoms with Crippen molar-refractivity contribution < 1.29 is 29.6 Å². The zero-order valence-electron chi connectivity index (χ0n) is 25.7. The molecule has 0 saturated carbocycles. The molecule has 8 nitrogen and oxygen atoms in total. The molecule has 1 amide bonds. The number of methoxy groups -OCH3 is 2. The van der Waals surface area contributed by atoms with Crippen LogP contribution in [0.5, 0.6) is 11.5 Å². The van der Waals surface area contributed by atoms with Crippen LogP contribution in [0.25, 0.3) is 20.2 Å². The average Bonchev–Trinajstić information content (AvgIpc) is 3.61. The Kier molecular flexibility index (Phi) is 10.6. The van der Waals surface area contributed by atoms with Gasteiger partial charge in [0.05, 0.1) is 14.2 Å². The summed E-state index contributed by atoms with van der Waals surface area (Å²) < 4.78 is 18.4. The molecule has 2 saturated heterocycles. The maximum Gasteiger partial charge on any atom is 0.410 e. The standard InChI is InChI=1S/C19H25NO4S.C14H17NOS.H2O/c1-18(2,3)24-17(21)20-9-7-19(22,8-10-20)16-11-13-5-6-14(23-4)12-15(13)25-16;1-16-12-3-2-11-8-13(17-14(11)9-12)10-4-6-15-7-5-10;/h5-6,11-12,22H,7-10H2,1-4H3;2-3,8-10,15H,4-7H2,1H3;1H2. The molecule has 2 fully saturated rings. The number of amides is 1. The van der Waals surface area contributed by atoms with Gasteiger partial charge in [-0.05, 0) is 125 Å². The van der Waals surface area contributed by atoms with E-state index >= 15 is 0 Å². The second-order valence-corrected chi connectivity index (χ2v) is 14.3. The summed E-state index contributed by atoms with van der Waals surface area (Å²) in [5.74, 6) is 2.52. The van der Waals surface area contributed by atoms with Gasteiger partial charge >= 0.3 is 6.09 Å². The van der Waals surface area contributed by atoms with E-state index in [1.54, 1.807) is 30.5 Å². The normalized spacial score (nSPS) is 17.1. The highest BCUT2D eigenvalue weighted by Crippen LogP contribution is 2.41. The van der Waals surface area contributed by atoms with Crippen molar-refractivity contribution in [2.75, 3.05) is 40.4 Å². The number of piperidine rings is 2. The van der Waals surface area contributed by atoms with E-state index in [0.29, 0.717) is 25.9 Å². The first-order valence-electron chi connectivity index (χ1n) is 14.6. The molecule has 234 valence electrons. The Morgan fingerprint density at radius 1 is 0.907 bits per heavy atom. The molecule has 2 aliphatic rings. The van der Waals surface area contributed by atoms with Gasteiger partial charge in [-0.25, -0.2) is 4.79 Å². The lowest BCUT2D eigenvalue weighted by molar-refractivity contribution is -0.0334. The Morgan fingerprint density at radius 3 is 2.02 bits per heavy atom. The van der Waals surface area contributed by atoms with Gasteiger partial charge in [0, 0.05) is 32.2 Å². The third-order valence-corrected chi connectivity index (χ3v) is 10.5. The fraction of sp³-hybridized carbons (Fsp3) is 0.485. The number of ether oxygens (including phenoxy) is 3. The van der Waals surface area contributed by atoms with E-state index in [1.165, 1.54) is 27.8 Å². The van der Waals surface area contributed by atoms with E-state index in [-0.39, 0.29) is 11.6 Å². The lowest BCUT2D eigenvalue weighted by atomic mass is 9.90. The molecular weight excluding hydrogens is 585 g/mol. The molecule has 43 heavy (non-hydrogen) atoms. The number of benzene rings is 2. The highest BCUT2D eigenvalue weighted by molar-refractivity contribution is 7.19. The number of rotatable bonds is 4. The van der Waals surface area contributed by atoms with Crippen molar-refractivity contribution >= 4 is 48.9 Å². The van der Waals surface area contributed by atoms with Crippen molar-refractivity contribution in [3.05, 3.63) is 58.3 Å². The van der Waals surface area contributed by atoms with E-state index in [2.05, 4.69) is 23.5 Å². The van der Waals surface area contributed by atoms with Crippen LogP contribution in [0.3, 0.4) is 0 Å². The molecule has 2 aliphatic heterocycles. The van der Waals surface area contributed by atoms with Crippen molar-refractivity contribution in [3.8, 4) is 11.5 Å². The molecule has 0 unspecified atom stereocenters. The summed E-state index contributed by atoms with van der Waals surface area (Å²) in [7, 11) is 3.37. The molecule has 2 aromatic heterocycles. The molecule has 0 radical (unpaired) electrons. The minimum atomic E-state index is -0.893. The van der Waals surface area contributed by atoms with Crippen LogP contribution in [0, 0.1) is 0 Å². The third kappa shape index (κ3) is 7.99. The van der Waals surface area contributed by atoms with Gasteiger partial charge in [-0.2, -0.15) is 0 Å². The number of thiophene rings is 2. The number of nitrogens with one attached hydrogen (secondary N) is 1. The molecule has 0 bridgehead atoms. The molecule has 10 heteroatoms. The van der Waals surface area contributed by atoms with E-state index in [4.69, 9.17) is 14.2 Å². The monoisotopic (exact) mass is 628 g/mol. The Labute approximate surface area is 261 Å². The lowest BCUT2D eigenvalue weighted by Crippen LogP contribution is -2.46. The summed E-state index contributed by atoms with van der Waals surface area (Å²) in [5, 5.41) is 17.0. The van der Waals surface area contributed by atoms with Crippen LogP contribution in [-0.2, 0) is 10.3 Å². The second-order valence-electron chi connectivity index (χ2n) is 12.1. The number of fused-ring (bicyclic) bond motifs is 2. The molecule has 4 heterocycles. The highest BCUT2D eigenvalue weighted by Gasteiger charge is 2.38. The van der Waals surface area contributed by atoms with Crippen LogP contribution in [-0.4, -0.2) is 67.6 Å². The fourth-order valence-electron chi connectivity index (χ4n) is 5.47. The first kappa shape index (κ1) is 33.0. The maximum atomic E-state index is 12.2. The van der Waals surface area contributed by atoms with Crippen LogP contribution < -0.4 is 14.8 Å². The van der Waals surface area contributed by atoms with Gasteiger partial charge in [0.2, 0.25) is 0 Å². The Balaban J connectivity index is 0.000000205. The van der Waals surface area contributed by atoms with E-state index in [9.17, 15) is 9.90 Å². The summed E-state index contributed by atoms with van der Waals surface area (Å²) >= 11 is 3.51. The zero-order valence-corrected chi connectivity index (χ0v) is 27.3. The summed E-state index contributed by atoms with van der Waals surface area (Å²) in [5.41, 5.74) is -1.40. The summed E-state index contributed by atoms with van der Waals surface area (Å²) in [6.45, 7) is 8.86. The number of nitrogens with zero attached hydrogens (tertiary/aromatic N) is 1. The minimum Gasteiger partial charge on any atom is -0.497 e. The zero-order chi connectivity index (χ0) is 29.9. The van der Waals surface area contributed by atoms with Crippen LogP contribution >= 0.6 is 22.7 Å². The van der Waals surface area contributed by atoms with E-state index in [1.807, 2.05) is 62.4 Å². The first-order chi connectivity index (χ1) is 20.1. The van der Waals surface area contributed by atoms with Crippen molar-refractivity contribution in [2.24, 2.45) is 0 Å². The summed E-state index contributed by atoms with van der Waals surface area (Å²) in [6.07, 6.45) is 3.25. The van der Waals surface area contributed by atoms with Crippen molar-refractivity contribution in [1.29, 1.82) is 0 Å². The number of carbonyl (C=O) groups excluding carboxylic acids is 1. The second kappa shape index (κ2) is 13.8. The Morgan fingerprint density at radius 2 is 1.47 bits per heavy atom. The van der Waals surface area contributed by atoms with Crippen LogP contribution in [0.2, 0.25) is 0 Å². The van der Waals surface area contributed by atoms with Crippen molar-refractivity contribution in [3.63, 3.8) is 0 Å². The first-order valence-corrected chi connectivity index (χ1v) is 16.3. The van der Waals surface area contributed by atoms with E-state index < -0.39 is 11.2 Å². The Hall–Kier alpha value is -2.89. The molecular formula is C33H44N2O6S2. The van der Waals surface area contributed by atoms with Crippen LogP contribution in [0.15, 0.2) is 48.5 Å². The van der Waals surface area contributed by atoms with Crippen molar-refractivity contribution in [1.82, 2.24) is 10.2 Å². The van der Waals surface area contributed by atoms with Gasteiger partial charge in [-0.1, -0.05) is 0 Å². The average molecular weight is 629 g/mol. The molecule has 4 aromatic rings. The topological polar surface area (TPSA) is 112 Å². The van der Waals surface area contributed by atoms with Crippen LogP contribution in [0.1, 0.15) is 62.1 Å². The third-order valence-electron chi connectivity index (χ3n) is 7.92. The van der Waals surface area contributed by atoms with Gasteiger partial charge in [-0.3, -0.25) is 0 Å². The van der Waals surface area contributed by atoms with E-state index in [0.717, 1.165) is 45.5 Å². The molecule has 0 spiro atoms. The SMILES string of the molecule is COc1ccc2cc(C3(O)CCN(C(=O)OC(C)(C)C)CC3)sc2c1.COc1ccc2cc(C3CCNCC3)sc2c1.O. The van der Waals surface area contributed by atoms with Crippen molar-refractivity contribution in [2.45, 2.75) is 63.6 Å². The van der Waals surface area contributed by atoms with Gasteiger partial charge in [0.25, 0.3) is 0 Å². The van der Waals surface area contributed by atoms with Crippen LogP contribution in [0.4, 0.5) is 4.79 Å². The number of hydrogen-bond acceptors (Lipinski definition) is 8. The quantitative estimate of drug-likeness (QED) is 0.261. The molecule has 0 aliphatic carbocycles. The summed E-state index contributed by atoms with van der Waals surface area (Å²) in [6, 6.07) is 16.7. The fourth-order valence-corrected chi connectivity index (χ4v) is 7.97. The maximum absolute atomic E-state index is 12.2. The predicted molar refractivity (Wildman–Crippen MR) is 176 cm³/mol. The van der Waals surface area contributed by atoms with Gasteiger partial charge < -0.3 is 35.0 Å². The Bertz CT molecular complexity index is 1510. The predicted octanol–water partition coefficient (Wildman–Crippen LogP) is 6.68. The summed E-state index contributed by atoms with van der Waals surface area (Å²) in [4.78, 5) is 16.3. The van der Waals surface area contributed by atoms with Gasteiger partial charge in [0.15, 0.2) is 0 Å². The van der Waals surface area contributed by atoms with Gasteiger partial charge in [0.1, 0.15) is 22.7 Å². The molecule has 6 rings (SSSR count). The smallest absolute Gasteiger partial charge is 0.410 e. The van der Waals surface area contributed by atoms with Gasteiger partial charge in [-0.15, -0.1) is 22.7 Å². The highest BCUT2D eigenvalue weighted by atomic mass is 32.1. The largest absolute Gasteiger partial charge is 0.497 e. The number of carbonyl (C=O) groups is 1.